The van der Waals surface area contributed by atoms with Crippen molar-refractivity contribution in [3.05, 3.63) is 69.5 Å². The highest BCUT2D eigenvalue weighted by Gasteiger charge is 2.25. The molecule has 2 rings (SSSR count). The first-order valence-electron chi connectivity index (χ1n) is 7.04. The molecule has 0 aliphatic carbocycles. The maximum Gasteiger partial charge on any atom is 0.338 e. The number of hydrogen-bond donors (Lipinski definition) is 0. The number of nitrogens with zero attached hydrogens (tertiary/aromatic N) is 1. The molecule has 0 fully saturated rings. The number of halogens is 1. The number of carbonyl (C=O) groups excluding carboxylic acids is 1. The molecular formula is C16H14FNO6S. The van der Waals surface area contributed by atoms with Gasteiger partial charge in [-0.1, -0.05) is 12.1 Å². The Hall–Kier alpha value is -2.81. The number of sulfone groups is 1. The monoisotopic (exact) mass is 367 g/mol. The van der Waals surface area contributed by atoms with E-state index in [4.69, 9.17) is 4.74 Å². The summed E-state index contributed by atoms with van der Waals surface area (Å²) in [5, 5.41) is 11.1. The van der Waals surface area contributed by atoms with Gasteiger partial charge in [0.05, 0.1) is 10.5 Å². The van der Waals surface area contributed by atoms with Gasteiger partial charge in [-0.05, 0) is 36.8 Å². The highest BCUT2D eigenvalue weighted by molar-refractivity contribution is 7.90. The van der Waals surface area contributed by atoms with Crippen LogP contribution in [0.5, 0.6) is 0 Å². The summed E-state index contributed by atoms with van der Waals surface area (Å²) in [4.78, 5) is 21.9. The van der Waals surface area contributed by atoms with E-state index in [-0.39, 0.29) is 5.56 Å². The number of nitro groups is 1. The van der Waals surface area contributed by atoms with Gasteiger partial charge in [0.25, 0.3) is 5.69 Å². The van der Waals surface area contributed by atoms with Gasteiger partial charge in [0.15, 0.2) is 9.84 Å². The lowest BCUT2D eigenvalue weighted by Gasteiger charge is -2.14. The van der Waals surface area contributed by atoms with Crippen LogP contribution in [0.25, 0.3) is 0 Å². The van der Waals surface area contributed by atoms with E-state index in [1.165, 1.54) is 24.3 Å². The summed E-state index contributed by atoms with van der Waals surface area (Å²) in [5.74, 6) is -1.30. The fourth-order valence-electron chi connectivity index (χ4n) is 2.13. The second-order valence-corrected chi connectivity index (χ2v) is 7.30. The van der Waals surface area contributed by atoms with Gasteiger partial charge in [0.2, 0.25) is 0 Å². The van der Waals surface area contributed by atoms with E-state index in [2.05, 4.69) is 0 Å². The second kappa shape index (κ2) is 6.98. The van der Waals surface area contributed by atoms with Crippen LogP contribution in [-0.4, -0.2) is 25.6 Å². The number of hydrogen-bond acceptors (Lipinski definition) is 6. The summed E-state index contributed by atoms with van der Waals surface area (Å²) in [6.07, 6.45) is 0.117. The van der Waals surface area contributed by atoms with Crippen molar-refractivity contribution < 1.29 is 27.3 Å². The minimum absolute atomic E-state index is 0.159. The van der Waals surface area contributed by atoms with Crippen LogP contribution in [0.1, 0.15) is 28.9 Å². The van der Waals surface area contributed by atoms with Crippen molar-refractivity contribution in [3.8, 4) is 0 Å². The maximum absolute atomic E-state index is 12.9. The molecule has 0 bridgehead atoms. The minimum atomic E-state index is -3.82. The van der Waals surface area contributed by atoms with E-state index in [1.807, 2.05) is 0 Å². The van der Waals surface area contributed by atoms with Crippen LogP contribution in [0.15, 0.2) is 47.4 Å². The van der Waals surface area contributed by atoms with Gasteiger partial charge < -0.3 is 4.74 Å². The molecule has 0 heterocycles. The molecule has 0 saturated heterocycles. The van der Waals surface area contributed by atoms with Crippen LogP contribution in [0.3, 0.4) is 0 Å². The van der Waals surface area contributed by atoms with Crippen LogP contribution in [0, 0.1) is 15.9 Å². The molecule has 1 unspecified atom stereocenters. The SMILES string of the molecule is CC(OC(=O)c1ccc(S(C)(=O)=O)c([N+](=O)[O-])c1)c1ccc(F)cc1. The molecule has 1 atom stereocenters. The zero-order valence-corrected chi connectivity index (χ0v) is 14.1. The van der Waals surface area contributed by atoms with Crippen molar-refractivity contribution in [2.75, 3.05) is 6.26 Å². The van der Waals surface area contributed by atoms with E-state index < -0.39 is 43.2 Å². The summed E-state index contributed by atoms with van der Waals surface area (Å²) in [5.41, 5.74) is -0.323. The number of nitro benzene ring substituents is 1. The van der Waals surface area contributed by atoms with Crippen LogP contribution < -0.4 is 0 Å². The van der Waals surface area contributed by atoms with Crippen molar-refractivity contribution in [3.63, 3.8) is 0 Å². The number of benzene rings is 2. The highest BCUT2D eigenvalue weighted by atomic mass is 32.2. The fourth-order valence-corrected chi connectivity index (χ4v) is 2.96. The van der Waals surface area contributed by atoms with Gasteiger partial charge in [-0.25, -0.2) is 17.6 Å². The quantitative estimate of drug-likeness (QED) is 0.457. The number of rotatable bonds is 5. The van der Waals surface area contributed by atoms with Gasteiger partial charge in [0.1, 0.15) is 16.8 Å². The normalized spacial score (nSPS) is 12.4. The van der Waals surface area contributed by atoms with Crippen LogP contribution in [-0.2, 0) is 14.6 Å². The molecule has 0 radical (unpaired) electrons. The largest absolute Gasteiger partial charge is 0.454 e. The second-order valence-electron chi connectivity index (χ2n) is 5.31. The average Bonchev–Trinajstić information content (AvgIpc) is 2.53. The van der Waals surface area contributed by atoms with Gasteiger partial charge in [-0.2, -0.15) is 0 Å². The first-order chi connectivity index (χ1) is 11.6. The molecule has 0 N–H and O–H groups in total. The fraction of sp³-hybridized carbons (Fsp3) is 0.188. The lowest BCUT2D eigenvalue weighted by atomic mass is 10.1. The highest BCUT2D eigenvalue weighted by Crippen LogP contribution is 2.26. The van der Waals surface area contributed by atoms with Crippen molar-refractivity contribution in [1.29, 1.82) is 0 Å². The predicted molar refractivity (Wildman–Crippen MR) is 86.4 cm³/mol. The molecule has 0 aliphatic rings. The molecule has 9 heteroatoms. The van der Waals surface area contributed by atoms with E-state index in [0.29, 0.717) is 5.56 Å². The molecule has 2 aromatic rings. The van der Waals surface area contributed by atoms with E-state index in [0.717, 1.165) is 24.5 Å². The molecule has 0 amide bonds. The first-order valence-corrected chi connectivity index (χ1v) is 8.93. The zero-order chi connectivity index (χ0) is 18.8. The third-order valence-corrected chi connectivity index (χ3v) is 4.56. The lowest BCUT2D eigenvalue weighted by Crippen LogP contribution is -2.11. The van der Waals surface area contributed by atoms with Gasteiger partial charge >= 0.3 is 5.97 Å². The van der Waals surface area contributed by atoms with Crippen molar-refractivity contribution in [2.45, 2.75) is 17.9 Å². The van der Waals surface area contributed by atoms with E-state index in [1.54, 1.807) is 6.92 Å². The standard InChI is InChI=1S/C16H14FNO6S/c1-10(11-3-6-13(17)7-4-11)24-16(19)12-5-8-15(25(2,22)23)14(9-12)18(20)21/h3-10H,1-2H3. The van der Waals surface area contributed by atoms with Crippen LogP contribution in [0.2, 0.25) is 0 Å². The predicted octanol–water partition coefficient (Wildman–Crippen LogP) is 3.06. The molecule has 132 valence electrons. The Morgan fingerprint density at radius 1 is 1.20 bits per heavy atom. The summed E-state index contributed by atoms with van der Waals surface area (Å²) >= 11 is 0. The molecule has 25 heavy (non-hydrogen) atoms. The van der Waals surface area contributed by atoms with E-state index in [9.17, 15) is 27.7 Å². The Morgan fingerprint density at radius 3 is 2.32 bits per heavy atom. The molecule has 2 aromatic carbocycles. The van der Waals surface area contributed by atoms with Gasteiger partial charge in [0, 0.05) is 12.3 Å². The Kier molecular flexibility index (Phi) is 5.17. The third-order valence-electron chi connectivity index (χ3n) is 3.41. The van der Waals surface area contributed by atoms with Crippen molar-refractivity contribution in [1.82, 2.24) is 0 Å². The molecular weight excluding hydrogens is 353 g/mol. The molecule has 0 spiro atoms. The van der Waals surface area contributed by atoms with Crippen molar-refractivity contribution >= 4 is 21.5 Å². The smallest absolute Gasteiger partial charge is 0.338 e. The average molecular weight is 367 g/mol. The zero-order valence-electron chi connectivity index (χ0n) is 13.3. The van der Waals surface area contributed by atoms with Gasteiger partial charge in [-0.15, -0.1) is 0 Å². The summed E-state index contributed by atoms with van der Waals surface area (Å²) in [7, 11) is -3.82. The van der Waals surface area contributed by atoms with Crippen molar-refractivity contribution in [2.24, 2.45) is 0 Å². The Balaban J connectivity index is 2.29. The topological polar surface area (TPSA) is 104 Å². The minimum Gasteiger partial charge on any atom is -0.454 e. The van der Waals surface area contributed by atoms with Crippen LogP contribution >= 0.6 is 0 Å². The van der Waals surface area contributed by atoms with Gasteiger partial charge in [-0.3, -0.25) is 10.1 Å². The Morgan fingerprint density at radius 2 is 1.80 bits per heavy atom. The van der Waals surface area contributed by atoms with Crippen LogP contribution in [0.4, 0.5) is 10.1 Å². The molecule has 0 aliphatic heterocycles. The molecule has 0 saturated carbocycles. The number of ether oxygens (including phenoxy) is 1. The summed E-state index contributed by atoms with van der Waals surface area (Å²) in [6, 6.07) is 8.31. The molecule has 0 aromatic heterocycles. The number of carbonyl (C=O) groups is 1. The Labute approximate surface area is 143 Å². The summed E-state index contributed by atoms with van der Waals surface area (Å²) in [6.45, 7) is 1.56. The van der Waals surface area contributed by atoms with E-state index >= 15 is 0 Å². The maximum atomic E-state index is 12.9. The Bertz CT molecular complexity index is 924. The first kappa shape index (κ1) is 18.5. The summed E-state index contributed by atoms with van der Waals surface area (Å²) < 4.78 is 41.3. The third kappa shape index (κ3) is 4.38. The lowest BCUT2D eigenvalue weighted by molar-refractivity contribution is -0.387. The number of esters is 1. The molecule has 7 nitrogen and oxygen atoms in total.